The van der Waals surface area contributed by atoms with Crippen molar-refractivity contribution >= 4 is 17.7 Å². The molecule has 1 aliphatic carbocycles. The molecular weight excluding hydrogens is 527 g/mol. The standard InChI is InChI=1S/C29H30F3N3O5/c30-29(31,32)40-21-5-3-4-17(12-21)19-14-34(15-19)23-6-1-2-7-25(23)39-20-8-9-22-18(13-20)16-35(28(22)38)24-10-11-26(36)33-27(24)37/h3-5,8-9,12-13,19,23-25H,1-2,6-7,10-11,14-16H2,(H,33,36,37)/t23-,24?,25+/m0/s1. The Morgan fingerprint density at radius 1 is 0.925 bits per heavy atom. The summed E-state index contributed by atoms with van der Waals surface area (Å²) >= 11 is 0. The summed E-state index contributed by atoms with van der Waals surface area (Å²) in [6, 6.07) is 11.1. The van der Waals surface area contributed by atoms with Gasteiger partial charge in [0, 0.05) is 43.6 Å². The molecule has 1 saturated carbocycles. The number of halogens is 3. The smallest absolute Gasteiger partial charge is 0.489 e. The van der Waals surface area contributed by atoms with Crippen LogP contribution in [0.5, 0.6) is 11.5 Å². The average molecular weight is 558 g/mol. The van der Waals surface area contributed by atoms with Gasteiger partial charge in [0.05, 0.1) is 0 Å². The van der Waals surface area contributed by atoms with Gasteiger partial charge in [-0.3, -0.25) is 24.6 Å². The molecule has 11 heteroatoms. The molecule has 3 atom stereocenters. The highest BCUT2D eigenvalue weighted by Crippen LogP contribution is 2.37. The molecule has 4 aliphatic rings. The van der Waals surface area contributed by atoms with Crippen molar-refractivity contribution in [3.63, 3.8) is 0 Å². The molecule has 3 heterocycles. The second-order valence-corrected chi connectivity index (χ2v) is 11.0. The summed E-state index contributed by atoms with van der Waals surface area (Å²) in [5, 5.41) is 2.32. The fourth-order valence-electron chi connectivity index (χ4n) is 6.39. The zero-order valence-corrected chi connectivity index (χ0v) is 21.8. The Morgan fingerprint density at radius 2 is 1.73 bits per heavy atom. The predicted octanol–water partition coefficient (Wildman–Crippen LogP) is 4.14. The number of piperidine rings is 1. The number of fused-ring (bicyclic) bond motifs is 1. The van der Waals surface area contributed by atoms with Gasteiger partial charge in [0.2, 0.25) is 11.8 Å². The molecule has 2 saturated heterocycles. The van der Waals surface area contributed by atoms with E-state index in [1.165, 1.54) is 17.0 Å². The number of hydrogen-bond donors (Lipinski definition) is 1. The molecule has 3 fully saturated rings. The van der Waals surface area contributed by atoms with Crippen LogP contribution in [0.4, 0.5) is 13.2 Å². The number of imide groups is 1. The van der Waals surface area contributed by atoms with E-state index in [4.69, 9.17) is 4.74 Å². The molecule has 40 heavy (non-hydrogen) atoms. The van der Waals surface area contributed by atoms with Crippen molar-refractivity contribution in [3.8, 4) is 11.5 Å². The summed E-state index contributed by atoms with van der Waals surface area (Å²) in [5.41, 5.74) is 2.17. The molecule has 0 spiro atoms. The molecule has 0 radical (unpaired) electrons. The zero-order chi connectivity index (χ0) is 28.0. The van der Waals surface area contributed by atoms with E-state index in [1.54, 1.807) is 18.2 Å². The largest absolute Gasteiger partial charge is 0.573 e. The number of benzene rings is 2. The number of carbonyl (C=O) groups excluding carboxylic acids is 3. The molecule has 1 unspecified atom stereocenters. The summed E-state index contributed by atoms with van der Waals surface area (Å²) in [7, 11) is 0. The molecule has 0 bridgehead atoms. The van der Waals surface area contributed by atoms with Crippen LogP contribution in [0.2, 0.25) is 0 Å². The Balaban J connectivity index is 1.09. The molecule has 2 aromatic carbocycles. The number of rotatable bonds is 6. The Morgan fingerprint density at radius 3 is 2.50 bits per heavy atom. The maximum atomic E-state index is 13.0. The van der Waals surface area contributed by atoms with Crippen molar-refractivity contribution in [1.29, 1.82) is 0 Å². The van der Waals surface area contributed by atoms with E-state index < -0.39 is 18.3 Å². The summed E-state index contributed by atoms with van der Waals surface area (Å²) in [5.74, 6) is -0.380. The van der Waals surface area contributed by atoms with E-state index >= 15 is 0 Å². The number of likely N-dealkylation sites (tertiary alicyclic amines) is 1. The van der Waals surface area contributed by atoms with Crippen LogP contribution in [-0.4, -0.2) is 65.2 Å². The Hall–Kier alpha value is -3.60. The van der Waals surface area contributed by atoms with Crippen LogP contribution >= 0.6 is 0 Å². The highest BCUT2D eigenvalue weighted by atomic mass is 19.4. The maximum Gasteiger partial charge on any atom is 0.573 e. The van der Waals surface area contributed by atoms with Crippen LogP contribution in [0.1, 0.15) is 65.9 Å². The SMILES string of the molecule is O=C1CCC(N2Cc3cc(O[C@@H]4CCCC[C@@H]4N4CC(c5cccc(OC(F)(F)F)c5)C4)ccc3C2=O)C(=O)N1. The number of alkyl halides is 3. The lowest BCUT2D eigenvalue weighted by molar-refractivity contribution is -0.274. The number of amides is 3. The third kappa shape index (κ3) is 5.39. The van der Waals surface area contributed by atoms with Gasteiger partial charge in [-0.25, -0.2) is 0 Å². The van der Waals surface area contributed by atoms with E-state index in [0.717, 1.165) is 49.9 Å². The first-order valence-corrected chi connectivity index (χ1v) is 13.7. The van der Waals surface area contributed by atoms with E-state index in [1.807, 2.05) is 12.1 Å². The second-order valence-electron chi connectivity index (χ2n) is 11.0. The summed E-state index contributed by atoms with van der Waals surface area (Å²) in [6.45, 7) is 1.76. The van der Waals surface area contributed by atoms with E-state index in [-0.39, 0.29) is 48.6 Å². The lowest BCUT2D eigenvalue weighted by Gasteiger charge is -2.48. The van der Waals surface area contributed by atoms with Gasteiger partial charge in [0.15, 0.2) is 0 Å². The highest BCUT2D eigenvalue weighted by molar-refractivity contribution is 6.05. The van der Waals surface area contributed by atoms with E-state index in [0.29, 0.717) is 17.7 Å². The van der Waals surface area contributed by atoms with Crippen LogP contribution in [0.15, 0.2) is 42.5 Å². The van der Waals surface area contributed by atoms with Crippen molar-refractivity contribution in [2.24, 2.45) is 0 Å². The summed E-state index contributed by atoms with van der Waals surface area (Å²) < 4.78 is 48.5. The Kier molecular flexibility index (Phi) is 6.93. The number of hydrogen-bond acceptors (Lipinski definition) is 6. The lowest BCUT2D eigenvalue weighted by atomic mass is 9.84. The van der Waals surface area contributed by atoms with Crippen LogP contribution in [-0.2, 0) is 16.1 Å². The van der Waals surface area contributed by atoms with Crippen molar-refractivity contribution in [2.45, 2.75) is 75.5 Å². The van der Waals surface area contributed by atoms with Crippen molar-refractivity contribution in [1.82, 2.24) is 15.1 Å². The molecule has 3 amide bonds. The lowest BCUT2D eigenvalue weighted by Crippen LogP contribution is -2.57. The van der Waals surface area contributed by atoms with Crippen LogP contribution in [0, 0.1) is 0 Å². The Labute approximate surface area is 229 Å². The quantitative estimate of drug-likeness (QED) is 0.538. The van der Waals surface area contributed by atoms with Crippen LogP contribution in [0.3, 0.4) is 0 Å². The molecule has 2 aromatic rings. The zero-order valence-electron chi connectivity index (χ0n) is 21.8. The van der Waals surface area contributed by atoms with Gasteiger partial charge in [-0.2, -0.15) is 0 Å². The topological polar surface area (TPSA) is 88.2 Å². The minimum Gasteiger partial charge on any atom is -0.489 e. The monoisotopic (exact) mass is 557 g/mol. The van der Waals surface area contributed by atoms with Gasteiger partial charge in [-0.1, -0.05) is 18.6 Å². The van der Waals surface area contributed by atoms with Gasteiger partial charge in [0.25, 0.3) is 5.91 Å². The fraction of sp³-hybridized carbons (Fsp3) is 0.483. The fourth-order valence-corrected chi connectivity index (χ4v) is 6.39. The minimum atomic E-state index is -4.72. The summed E-state index contributed by atoms with van der Waals surface area (Å²) in [6.07, 6.45) is -0.254. The first kappa shape index (κ1) is 26.6. The first-order valence-electron chi connectivity index (χ1n) is 13.7. The van der Waals surface area contributed by atoms with Crippen LogP contribution < -0.4 is 14.8 Å². The van der Waals surface area contributed by atoms with Crippen molar-refractivity contribution < 1.29 is 37.0 Å². The highest BCUT2D eigenvalue weighted by Gasteiger charge is 2.41. The molecule has 212 valence electrons. The average Bonchev–Trinajstić information content (AvgIpc) is 3.19. The maximum absolute atomic E-state index is 13.0. The number of ether oxygens (including phenoxy) is 2. The van der Waals surface area contributed by atoms with Gasteiger partial charge in [-0.05, 0) is 67.1 Å². The molecule has 3 aliphatic heterocycles. The van der Waals surface area contributed by atoms with Crippen molar-refractivity contribution in [3.05, 3.63) is 59.2 Å². The molecule has 0 aromatic heterocycles. The normalized spacial score (nSPS) is 25.8. The van der Waals surface area contributed by atoms with Gasteiger partial charge in [-0.15, -0.1) is 13.2 Å². The number of nitrogens with one attached hydrogen (secondary N) is 1. The third-order valence-corrected chi connectivity index (χ3v) is 8.39. The third-order valence-electron chi connectivity index (χ3n) is 8.39. The molecule has 8 nitrogen and oxygen atoms in total. The van der Waals surface area contributed by atoms with Crippen LogP contribution in [0.25, 0.3) is 0 Å². The summed E-state index contributed by atoms with van der Waals surface area (Å²) in [4.78, 5) is 40.7. The van der Waals surface area contributed by atoms with Crippen molar-refractivity contribution in [2.75, 3.05) is 13.1 Å². The molecule has 6 rings (SSSR count). The minimum absolute atomic E-state index is 0.0454. The second kappa shape index (κ2) is 10.4. The predicted molar refractivity (Wildman–Crippen MR) is 137 cm³/mol. The first-order chi connectivity index (χ1) is 19.1. The van der Waals surface area contributed by atoms with E-state index in [9.17, 15) is 27.6 Å². The van der Waals surface area contributed by atoms with Gasteiger partial charge >= 0.3 is 6.36 Å². The molecular formula is C29H30F3N3O5. The van der Waals surface area contributed by atoms with Gasteiger partial charge < -0.3 is 14.4 Å². The molecule has 1 N–H and O–H groups in total. The van der Waals surface area contributed by atoms with E-state index in [2.05, 4.69) is 15.0 Å². The number of nitrogens with zero attached hydrogens (tertiary/aromatic N) is 2. The van der Waals surface area contributed by atoms with Gasteiger partial charge in [0.1, 0.15) is 23.6 Å². The Bertz CT molecular complexity index is 1330. The number of carbonyl (C=O) groups is 3.